The number of nitrogens with one attached hydrogen (secondary N) is 2. The Morgan fingerprint density at radius 1 is 1.52 bits per heavy atom. The third kappa shape index (κ3) is 4.65. The molecule has 23 heavy (non-hydrogen) atoms. The summed E-state index contributed by atoms with van der Waals surface area (Å²) in [6.07, 6.45) is 2.04. The molecule has 126 valence electrons. The molecule has 2 N–H and O–H groups in total. The van der Waals surface area contributed by atoms with Crippen LogP contribution in [-0.4, -0.2) is 46.2 Å². The number of carbonyl (C=O) groups is 2. The number of H-pyrrole nitrogens is 1. The number of aromatic nitrogens is 2. The number of hydrogen-bond donors (Lipinski definition) is 2. The summed E-state index contributed by atoms with van der Waals surface area (Å²) in [5, 5.41) is 2.66. The first-order valence-corrected chi connectivity index (χ1v) is 8.44. The molecule has 1 aromatic rings. The van der Waals surface area contributed by atoms with Gasteiger partial charge in [0.1, 0.15) is 5.03 Å². The third-order valence-electron chi connectivity index (χ3n) is 3.62. The van der Waals surface area contributed by atoms with Crippen molar-refractivity contribution in [3.05, 3.63) is 21.7 Å². The lowest BCUT2D eigenvalue weighted by molar-refractivity contribution is -0.120. The number of ketones is 1. The van der Waals surface area contributed by atoms with E-state index in [1.165, 1.54) is 6.92 Å². The van der Waals surface area contributed by atoms with E-state index in [0.717, 1.165) is 31.2 Å². The van der Waals surface area contributed by atoms with Crippen molar-refractivity contribution in [2.75, 3.05) is 13.2 Å². The lowest BCUT2D eigenvalue weighted by Crippen LogP contribution is -2.36. The second-order valence-electron chi connectivity index (χ2n) is 5.54. The molecule has 0 radical (unpaired) electrons. The fourth-order valence-corrected chi connectivity index (χ4v) is 3.52. The maximum absolute atomic E-state index is 12.2. The van der Waals surface area contributed by atoms with Gasteiger partial charge in [-0.2, -0.15) is 4.98 Å². The summed E-state index contributed by atoms with van der Waals surface area (Å²) in [5.41, 5.74) is 0.294. The molecule has 2 heterocycles. The molecule has 1 aliphatic rings. The highest BCUT2D eigenvalue weighted by atomic mass is 32.2. The number of Topliss-reactive ketones (excluding diaryl/α,β-unsaturated/α-hetero) is 1. The monoisotopic (exact) mass is 339 g/mol. The summed E-state index contributed by atoms with van der Waals surface area (Å²) >= 11 is 1.11. The van der Waals surface area contributed by atoms with Crippen LogP contribution >= 0.6 is 11.8 Å². The van der Waals surface area contributed by atoms with E-state index in [0.29, 0.717) is 22.8 Å². The van der Waals surface area contributed by atoms with Crippen molar-refractivity contribution in [1.82, 2.24) is 15.3 Å². The Hall–Kier alpha value is -1.67. The Kier molecular flexibility index (Phi) is 5.95. The van der Waals surface area contributed by atoms with Crippen LogP contribution in [0.15, 0.2) is 9.82 Å². The molecule has 0 unspecified atom stereocenters. The molecule has 1 aliphatic heterocycles. The molecular weight excluding hydrogens is 318 g/mol. The molecule has 0 bridgehead atoms. The van der Waals surface area contributed by atoms with E-state index in [4.69, 9.17) is 4.74 Å². The number of hydrogen-bond acceptors (Lipinski definition) is 6. The van der Waals surface area contributed by atoms with Crippen molar-refractivity contribution in [3.8, 4) is 0 Å². The summed E-state index contributed by atoms with van der Waals surface area (Å²) in [5.74, 6) is -0.361. The van der Waals surface area contributed by atoms with Crippen LogP contribution in [0.2, 0.25) is 0 Å². The van der Waals surface area contributed by atoms with Crippen LogP contribution in [0.1, 0.15) is 42.7 Å². The Bertz CT molecular complexity index is 653. The molecule has 0 aliphatic carbocycles. The molecule has 7 nitrogen and oxygen atoms in total. The van der Waals surface area contributed by atoms with Crippen molar-refractivity contribution >= 4 is 23.5 Å². The van der Waals surface area contributed by atoms with Gasteiger partial charge in [-0.15, -0.1) is 0 Å². The van der Waals surface area contributed by atoms with Crippen molar-refractivity contribution < 1.29 is 14.3 Å². The van der Waals surface area contributed by atoms with Crippen molar-refractivity contribution in [1.29, 1.82) is 0 Å². The van der Waals surface area contributed by atoms with Crippen LogP contribution in [0, 0.1) is 6.92 Å². The van der Waals surface area contributed by atoms with E-state index in [2.05, 4.69) is 15.3 Å². The zero-order valence-corrected chi connectivity index (χ0v) is 14.3. The van der Waals surface area contributed by atoms with Crippen LogP contribution in [0.3, 0.4) is 0 Å². The minimum absolute atomic E-state index is 0.0730. The zero-order valence-electron chi connectivity index (χ0n) is 13.5. The summed E-state index contributed by atoms with van der Waals surface area (Å²) in [4.78, 5) is 41.8. The minimum atomic E-state index is -0.526. The van der Waals surface area contributed by atoms with Gasteiger partial charge >= 0.3 is 5.69 Å². The molecular formula is C15H21N3O4S. The first kappa shape index (κ1) is 17.7. The van der Waals surface area contributed by atoms with Crippen LogP contribution in [0.25, 0.3) is 0 Å². The number of amides is 1. The Morgan fingerprint density at radius 2 is 2.26 bits per heavy atom. The van der Waals surface area contributed by atoms with E-state index in [1.54, 1.807) is 13.8 Å². The maximum atomic E-state index is 12.2. The Labute approximate surface area is 138 Å². The van der Waals surface area contributed by atoms with Crippen molar-refractivity contribution in [2.45, 2.75) is 50.0 Å². The van der Waals surface area contributed by atoms with Crippen LogP contribution in [-0.2, 0) is 9.53 Å². The molecule has 2 rings (SSSR count). The molecule has 2 atom stereocenters. The van der Waals surface area contributed by atoms with Crippen molar-refractivity contribution in [2.24, 2.45) is 0 Å². The van der Waals surface area contributed by atoms with E-state index < -0.39 is 10.9 Å². The standard InChI is InChI=1S/C15H21N3O4S/c1-8-12(9(2)19)14(18-15(21)17-8)23-10(3)13(20)16-7-11-5-4-6-22-11/h10-11H,4-7H2,1-3H3,(H,16,20)(H,17,18,21)/t10-,11-/m1/s1. The molecule has 1 aromatic heterocycles. The molecule has 8 heteroatoms. The number of rotatable bonds is 6. The first-order chi connectivity index (χ1) is 10.9. The Balaban J connectivity index is 2.04. The SMILES string of the molecule is CC(=O)c1c(S[C@H](C)C(=O)NC[C@H]2CCCO2)nc(=O)[nH]c1C. The van der Waals surface area contributed by atoms with E-state index >= 15 is 0 Å². The predicted molar refractivity (Wildman–Crippen MR) is 86.9 cm³/mol. The van der Waals surface area contributed by atoms with Gasteiger partial charge < -0.3 is 15.0 Å². The van der Waals surface area contributed by atoms with Crippen LogP contribution in [0.5, 0.6) is 0 Å². The van der Waals surface area contributed by atoms with E-state index in [9.17, 15) is 14.4 Å². The summed E-state index contributed by atoms with van der Waals surface area (Å²) in [7, 11) is 0. The van der Waals surface area contributed by atoms with Gasteiger partial charge in [0.05, 0.1) is 16.9 Å². The van der Waals surface area contributed by atoms with Crippen LogP contribution < -0.4 is 11.0 Å². The lowest BCUT2D eigenvalue weighted by Gasteiger charge is -2.15. The van der Waals surface area contributed by atoms with Crippen molar-refractivity contribution in [3.63, 3.8) is 0 Å². The highest BCUT2D eigenvalue weighted by molar-refractivity contribution is 8.00. The summed E-state index contributed by atoms with van der Waals surface area (Å²) in [6.45, 7) is 5.99. The number of ether oxygens (including phenoxy) is 1. The summed E-state index contributed by atoms with van der Waals surface area (Å²) < 4.78 is 5.46. The molecule has 1 amide bonds. The highest BCUT2D eigenvalue weighted by Gasteiger charge is 2.22. The van der Waals surface area contributed by atoms with E-state index in [-0.39, 0.29) is 17.8 Å². The van der Waals surface area contributed by atoms with Gasteiger partial charge in [-0.3, -0.25) is 9.59 Å². The normalized spacial score (nSPS) is 18.7. The molecule has 1 saturated heterocycles. The second-order valence-corrected chi connectivity index (χ2v) is 6.87. The topological polar surface area (TPSA) is 101 Å². The number of nitrogens with zero attached hydrogens (tertiary/aromatic N) is 1. The van der Waals surface area contributed by atoms with Gasteiger partial charge in [-0.05, 0) is 33.6 Å². The minimum Gasteiger partial charge on any atom is -0.376 e. The first-order valence-electron chi connectivity index (χ1n) is 7.56. The molecule has 1 fully saturated rings. The quantitative estimate of drug-likeness (QED) is 0.456. The number of carbonyl (C=O) groups excluding carboxylic acids is 2. The van der Waals surface area contributed by atoms with Crippen LogP contribution in [0.4, 0.5) is 0 Å². The van der Waals surface area contributed by atoms with E-state index in [1.807, 2.05) is 0 Å². The average molecular weight is 339 g/mol. The lowest BCUT2D eigenvalue weighted by atomic mass is 10.2. The smallest absolute Gasteiger partial charge is 0.346 e. The van der Waals surface area contributed by atoms with Gasteiger partial charge in [0.25, 0.3) is 0 Å². The molecule has 0 aromatic carbocycles. The van der Waals surface area contributed by atoms with Gasteiger partial charge in [0.2, 0.25) is 5.91 Å². The van der Waals surface area contributed by atoms with Gasteiger partial charge in [0, 0.05) is 18.8 Å². The largest absolute Gasteiger partial charge is 0.376 e. The highest BCUT2D eigenvalue weighted by Crippen LogP contribution is 2.25. The average Bonchev–Trinajstić information content (AvgIpc) is 2.96. The summed E-state index contributed by atoms with van der Waals surface area (Å²) in [6, 6.07) is 0. The fourth-order valence-electron chi connectivity index (χ4n) is 2.44. The molecule has 0 saturated carbocycles. The fraction of sp³-hybridized carbons (Fsp3) is 0.600. The number of aryl methyl sites for hydroxylation is 1. The number of thioether (sulfide) groups is 1. The molecule has 0 spiro atoms. The maximum Gasteiger partial charge on any atom is 0.346 e. The Morgan fingerprint density at radius 3 is 2.87 bits per heavy atom. The number of aromatic amines is 1. The van der Waals surface area contributed by atoms with Gasteiger partial charge in [-0.25, -0.2) is 4.79 Å². The van der Waals surface area contributed by atoms with Gasteiger partial charge in [-0.1, -0.05) is 11.8 Å². The predicted octanol–water partition coefficient (Wildman–Crippen LogP) is 1.06. The zero-order chi connectivity index (χ0) is 17.0. The second kappa shape index (κ2) is 7.74. The van der Waals surface area contributed by atoms with Gasteiger partial charge in [0.15, 0.2) is 5.78 Å². The third-order valence-corrected chi connectivity index (χ3v) is 4.71.